The normalized spacial score (nSPS) is 16.4. The Kier molecular flexibility index (Phi) is 6.52. The van der Waals surface area contributed by atoms with E-state index in [9.17, 15) is 0 Å². The number of rotatable bonds is 6. The topological polar surface area (TPSA) is 30.5 Å². The second-order valence-corrected chi connectivity index (χ2v) is 7.03. The number of nitrogens with one attached hydrogen (secondary N) is 1. The Hall–Kier alpha value is -0.580. The maximum atomic E-state index is 6.18. The van der Waals surface area contributed by atoms with E-state index in [1.165, 1.54) is 11.1 Å². The van der Waals surface area contributed by atoms with Gasteiger partial charge in [-0.2, -0.15) is 0 Å². The number of hydrogen-bond acceptors (Lipinski definition) is 3. The smallest absolute Gasteiger partial charge is 0.126 e. The third-order valence-electron chi connectivity index (χ3n) is 3.82. The highest BCUT2D eigenvalue weighted by Crippen LogP contribution is 2.29. The van der Waals surface area contributed by atoms with Crippen molar-refractivity contribution < 1.29 is 9.47 Å². The minimum atomic E-state index is 0.465. The minimum Gasteiger partial charge on any atom is -0.493 e. The van der Waals surface area contributed by atoms with Crippen molar-refractivity contribution >= 4 is 15.9 Å². The first-order valence-corrected chi connectivity index (χ1v) is 8.58. The molecule has 0 aromatic heterocycles. The summed E-state index contributed by atoms with van der Waals surface area (Å²) in [5, 5.41) is 3.47. The van der Waals surface area contributed by atoms with Crippen LogP contribution in [0.2, 0.25) is 0 Å². The van der Waals surface area contributed by atoms with Gasteiger partial charge in [0.25, 0.3) is 0 Å². The summed E-state index contributed by atoms with van der Waals surface area (Å²) in [6.07, 6.45) is 2.21. The summed E-state index contributed by atoms with van der Waals surface area (Å²) in [5.41, 5.74) is 2.42. The van der Waals surface area contributed by atoms with Crippen molar-refractivity contribution in [2.24, 2.45) is 5.92 Å². The standard InChI is InChI=1S/C17H26BrNO2/c1-12(2)19-10-15-9-16(18)8-13(3)17(15)21-11-14-4-6-20-7-5-14/h8-9,12,14,19H,4-7,10-11H2,1-3H3. The molecule has 3 nitrogen and oxygen atoms in total. The molecule has 21 heavy (non-hydrogen) atoms. The van der Waals surface area contributed by atoms with E-state index in [2.05, 4.69) is 54.2 Å². The van der Waals surface area contributed by atoms with E-state index in [4.69, 9.17) is 9.47 Å². The fourth-order valence-corrected chi connectivity index (χ4v) is 3.19. The van der Waals surface area contributed by atoms with E-state index in [1.807, 2.05) is 0 Å². The van der Waals surface area contributed by atoms with Crippen LogP contribution in [-0.2, 0) is 11.3 Å². The van der Waals surface area contributed by atoms with Crippen molar-refractivity contribution in [2.75, 3.05) is 19.8 Å². The SMILES string of the molecule is Cc1cc(Br)cc(CNC(C)C)c1OCC1CCOCC1. The van der Waals surface area contributed by atoms with Gasteiger partial charge in [0.05, 0.1) is 6.61 Å². The molecule has 0 unspecified atom stereocenters. The van der Waals surface area contributed by atoms with Crippen molar-refractivity contribution in [3.63, 3.8) is 0 Å². The Bertz CT molecular complexity index is 456. The van der Waals surface area contributed by atoms with Crippen LogP contribution in [0.25, 0.3) is 0 Å². The largest absolute Gasteiger partial charge is 0.493 e. The zero-order chi connectivity index (χ0) is 15.2. The van der Waals surface area contributed by atoms with Crippen molar-refractivity contribution in [1.82, 2.24) is 5.32 Å². The van der Waals surface area contributed by atoms with Crippen LogP contribution in [0.5, 0.6) is 5.75 Å². The quantitative estimate of drug-likeness (QED) is 0.834. The van der Waals surface area contributed by atoms with E-state index in [1.54, 1.807) is 0 Å². The molecular weight excluding hydrogens is 330 g/mol. The molecule has 1 fully saturated rings. The molecule has 0 saturated carbocycles. The zero-order valence-corrected chi connectivity index (χ0v) is 14.8. The van der Waals surface area contributed by atoms with Gasteiger partial charge in [-0.25, -0.2) is 0 Å². The van der Waals surface area contributed by atoms with Crippen LogP contribution in [0.1, 0.15) is 37.8 Å². The van der Waals surface area contributed by atoms with Gasteiger partial charge in [0.2, 0.25) is 0 Å². The molecule has 1 heterocycles. The highest BCUT2D eigenvalue weighted by Gasteiger charge is 2.16. The first-order valence-electron chi connectivity index (χ1n) is 7.79. The van der Waals surface area contributed by atoms with E-state index in [0.717, 1.165) is 49.4 Å². The first-order chi connectivity index (χ1) is 10.1. The maximum absolute atomic E-state index is 6.18. The lowest BCUT2D eigenvalue weighted by molar-refractivity contribution is 0.0495. The third kappa shape index (κ3) is 5.28. The lowest BCUT2D eigenvalue weighted by atomic mass is 10.0. The van der Waals surface area contributed by atoms with Gasteiger partial charge in [-0.3, -0.25) is 0 Å². The van der Waals surface area contributed by atoms with E-state index >= 15 is 0 Å². The maximum Gasteiger partial charge on any atom is 0.126 e. The van der Waals surface area contributed by atoms with Crippen LogP contribution in [-0.4, -0.2) is 25.9 Å². The molecule has 1 aliphatic heterocycles. The molecule has 1 aliphatic rings. The molecule has 2 rings (SSSR count). The first kappa shape index (κ1) is 16.8. The van der Waals surface area contributed by atoms with Crippen LogP contribution in [0.3, 0.4) is 0 Å². The highest BCUT2D eigenvalue weighted by molar-refractivity contribution is 9.10. The second-order valence-electron chi connectivity index (χ2n) is 6.11. The summed E-state index contributed by atoms with van der Waals surface area (Å²) >= 11 is 3.58. The molecule has 1 aromatic rings. The Morgan fingerprint density at radius 1 is 1.33 bits per heavy atom. The average Bonchev–Trinajstić information content (AvgIpc) is 2.45. The second kappa shape index (κ2) is 8.16. The Balaban J connectivity index is 2.04. The molecule has 1 N–H and O–H groups in total. The Labute approximate surface area is 136 Å². The molecule has 4 heteroatoms. The third-order valence-corrected chi connectivity index (χ3v) is 4.28. The van der Waals surface area contributed by atoms with Crippen LogP contribution < -0.4 is 10.1 Å². The highest BCUT2D eigenvalue weighted by atomic mass is 79.9. The van der Waals surface area contributed by atoms with Crippen LogP contribution in [0.4, 0.5) is 0 Å². The van der Waals surface area contributed by atoms with Crippen LogP contribution in [0, 0.1) is 12.8 Å². The summed E-state index contributed by atoms with van der Waals surface area (Å²) in [7, 11) is 0. The predicted molar refractivity (Wildman–Crippen MR) is 89.9 cm³/mol. The number of benzene rings is 1. The van der Waals surface area contributed by atoms with Gasteiger partial charge in [-0.1, -0.05) is 29.8 Å². The Morgan fingerprint density at radius 2 is 2.05 bits per heavy atom. The molecule has 1 aromatic carbocycles. The predicted octanol–water partition coefficient (Wildman–Crippen LogP) is 4.06. The van der Waals surface area contributed by atoms with Gasteiger partial charge >= 0.3 is 0 Å². The van der Waals surface area contributed by atoms with Crippen molar-refractivity contribution in [1.29, 1.82) is 0 Å². The minimum absolute atomic E-state index is 0.465. The summed E-state index contributed by atoms with van der Waals surface area (Å²) in [6, 6.07) is 4.74. The van der Waals surface area contributed by atoms with Gasteiger partial charge in [0.1, 0.15) is 5.75 Å². The van der Waals surface area contributed by atoms with E-state index in [0.29, 0.717) is 12.0 Å². The van der Waals surface area contributed by atoms with E-state index in [-0.39, 0.29) is 0 Å². The zero-order valence-electron chi connectivity index (χ0n) is 13.2. The van der Waals surface area contributed by atoms with Crippen LogP contribution >= 0.6 is 15.9 Å². The van der Waals surface area contributed by atoms with Gasteiger partial charge in [0.15, 0.2) is 0 Å². The fraction of sp³-hybridized carbons (Fsp3) is 0.647. The average molecular weight is 356 g/mol. The number of ether oxygens (including phenoxy) is 2. The van der Waals surface area contributed by atoms with Crippen molar-refractivity contribution in [3.8, 4) is 5.75 Å². The molecule has 1 saturated heterocycles. The lowest BCUT2D eigenvalue weighted by Gasteiger charge is -2.24. The molecule has 118 valence electrons. The van der Waals surface area contributed by atoms with Crippen LogP contribution in [0.15, 0.2) is 16.6 Å². The van der Waals surface area contributed by atoms with Crippen molar-refractivity contribution in [3.05, 3.63) is 27.7 Å². The molecular formula is C17H26BrNO2. The van der Waals surface area contributed by atoms with Gasteiger partial charge in [-0.15, -0.1) is 0 Å². The summed E-state index contributed by atoms with van der Waals surface area (Å²) < 4.78 is 12.7. The Morgan fingerprint density at radius 3 is 2.71 bits per heavy atom. The molecule has 0 aliphatic carbocycles. The summed E-state index contributed by atoms with van der Waals surface area (Å²) in [5.74, 6) is 1.66. The van der Waals surface area contributed by atoms with Crippen molar-refractivity contribution in [2.45, 2.75) is 46.2 Å². The number of aryl methyl sites for hydroxylation is 1. The number of hydrogen-bond donors (Lipinski definition) is 1. The van der Waals surface area contributed by atoms with Gasteiger partial charge in [0, 0.05) is 35.8 Å². The van der Waals surface area contributed by atoms with Gasteiger partial charge < -0.3 is 14.8 Å². The molecule has 0 spiro atoms. The molecule has 0 atom stereocenters. The van der Waals surface area contributed by atoms with E-state index < -0.39 is 0 Å². The number of halogens is 1. The molecule has 0 amide bonds. The fourth-order valence-electron chi connectivity index (χ4n) is 2.57. The lowest BCUT2D eigenvalue weighted by Crippen LogP contribution is -2.24. The van der Waals surface area contributed by atoms with Gasteiger partial charge in [-0.05, 0) is 43.4 Å². The summed E-state index contributed by atoms with van der Waals surface area (Å²) in [6.45, 7) is 9.80. The monoisotopic (exact) mass is 355 g/mol. The molecule has 0 radical (unpaired) electrons. The summed E-state index contributed by atoms with van der Waals surface area (Å²) in [4.78, 5) is 0. The molecule has 0 bridgehead atoms.